The lowest BCUT2D eigenvalue weighted by Crippen LogP contribution is -2.31. The number of aliphatic hydroxyl groups excluding tert-OH is 1. The Morgan fingerprint density at radius 3 is 2.62 bits per heavy atom. The summed E-state index contributed by atoms with van der Waals surface area (Å²) in [5, 5.41) is 8.84. The average Bonchev–Trinajstić information content (AvgIpc) is 2.48. The van der Waals surface area contributed by atoms with Crippen LogP contribution < -0.4 is 0 Å². The summed E-state index contributed by atoms with van der Waals surface area (Å²) >= 11 is 0. The van der Waals surface area contributed by atoms with Gasteiger partial charge in [-0.1, -0.05) is 49.8 Å². The Morgan fingerprint density at radius 1 is 1.19 bits per heavy atom. The highest BCUT2D eigenvalue weighted by Crippen LogP contribution is 2.14. The number of nitrogens with zero attached hydrogens (tertiary/aromatic N) is 1. The van der Waals surface area contributed by atoms with Gasteiger partial charge in [-0.05, 0) is 38.4 Å². The molecular formula is C19H29NO. The lowest BCUT2D eigenvalue weighted by Gasteiger charge is -2.27. The van der Waals surface area contributed by atoms with Crippen LogP contribution in [0.2, 0.25) is 0 Å². The fourth-order valence-corrected chi connectivity index (χ4v) is 2.30. The molecule has 0 amide bonds. The zero-order chi connectivity index (χ0) is 15.5. The molecule has 0 unspecified atom stereocenters. The third-order valence-electron chi connectivity index (χ3n) is 3.63. The Kier molecular flexibility index (Phi) is 8.82. The van der Waals surface area contributed by atoms with Crippen LogP contribution in [0.1, 0.15) is 57.6 Å². The summed E-state index contributed by atoms with van der Waals surface area (Å²) in [5.74, 6) is 6.22. The molecule has 21 heavy (non-hydrogen) atoms. The predicted octanol–water partition coefficient (Wildman–Crippen LogP) is 3.82. The SMILES string of the molecule is CCCCCN(Cc1ccccc1C#CCCO)C(C)C. The Hall–Kier alpha value is -1.30. The van der Waals surface area contributed by atoms with Crippen LogP contribution in [0.25, 0.3) is 0 Å². The van der Waals surface area contributed by atoms with Gasteiger partial charge in [0.25, 0.3) is 0 Å². The second-order valence-corrected chi connectivity index (χ2v) is 5.70. The molecule has 1 aromatic carbocycles. The molecule has 0 saturated carbocycles. The predicted molar refractivity (Wildman–Crippen MR) is 90.1 cm³/mol. The maximum atomic E-state index is 8.84. The van der Waals surface area contributed by atoms with Crippen LogP contribution in [0, 0.1) is 11.8 Å². The van der Waals surface area contributed by atoms with Crippen molar-refractivity contribution >= 4 is 0 Å². The van der Waals surface area contributed by atoms with Gasteiger partial charge in [0.15, 0.2) is 0 Å². The number of aliphatic hydroxyl groups is 1. The number of hydrogen-bond acceptors (Lipinski definition) is 2. The van der Waals surface area contributed by atoms with E-state index in [-0.39, 0.29) is 6.61 Å². The summed E-state index contributed by atoms with van der Waals surface area (Å²) in [5.41, 5.74) is 2.38. The maximum Gasteiger partial charge on any atom is 0.0540 e. The molecule has 0 saturated heterocycles. The topological polar surface area (TPSA) is 23.5 Å². The lowest BCUT2D eigenvalue weighted by atomic mass is 10.1. The highest BCUT2D eigenvalue weighted by Gasteiger charge is 2.11. The van der Waals surface area contributed by atoms with Crippen molar-refractivity contribution in [3.63, 3.8) is 0 Å². The molecule has 0 aliphatic rings. The first-order valence-corrected chi connectivity index (χ1v) is 8.10. The average molecular weight is 287 g/mol. The van der Waals surface area contributed by atoms with Crippen LogP contribution in [0.3, 0.4) is 0 Å². The first-order valence-electron chi connectivity index (χ1n) is 8.10. The molecule has 1 rings (SSSR count). The van der Waals surface area contributed by atoms with Gasteiger partial charge in [0, 0.05) is 24.6 Å². The number of hydrogen-bond donors (Lipinski definition) is 1. The van der Waals surface area contributed by atoms with Gasteiger partial charge in [-0.25, -0.2) is 0 Å². The maximum absolute atomic E-state index is 8.84. The van der Waals surface area contributed by atoms with Crippen molar-refractivity contribution in [2.24, 2.45) is 0 Å². The molecule has 1 N–H and O–H groups in total. The Balaban J connectivity index is 2.76. The van der Waals surface area contributed by atoms with E-state index in [1.807, 2.05) is 6.07 Å². The van der Waals surface area contributed by atoms with Gasteiger partial charge in [-0.3, -0.25) is 4.90 Å². The molecule has 0 bridgehead atoms. The van der Waals surface area contributed by atoms with E-state index in [2.05, 4.69) is 55.7 Å². The zero-order valence-corrected chi connectivity index (χ0v) is 13.7. The van der Waals surface area contributed by atoms with Crippen molar-refractivity contribution in [3.05, 3.63) is 35.4 Å². The largest absolute Gasteiger partial charge is 0.395 e. The lowest BCUT2D eigenvalue weighted by molar-refractivity contribution is 0.208. The third kappa shape index (κ3) is 6.80. The van der Waals surface area contributed by atoms with Gasteiger partial charge in [-0.2, -0.15) is 0 Å². The minimum Gasteiger partial charge on any atom is -0.395 e. The first kappa shape index (κ1) is 17.8. The van der Waals surface area contributed by atoms with Crippen molar-refractivity contribution in [3.8, 4) is 11.8 Å². The van der Waals surface area contributed by atoms with Crippen LogP contribution in [-0.4, -0.2) is 29.2 Å². The van der Waals surface area contributed by atoms with Crippen molar-refractivity contribution in [2.45, 2.75) is 59.0 Å². The van der Waals surface area contributed by atoms with Crippen LogP contribution in [0.4, 0.5) is 0 Å². The van der Waals surface area contributed by atoms with Crippen LogP contribution in [-0.2, 0) is 6.54 Å². The van der Waals surface area contributed by atoms with E-state index in [1.165, 1.54) is 24.8 Å². The Labute approximate surface area is 130 Å². The van der Waals surface area contributed by atoms with Crippen LogP contribution in [0.15, 0.2) is 24.3 Å². The fourth-order valence-electron chi connectivity index (χ4n) is 2.30. The molecule has 0 aromatic heterocycles. The van der Waals surface area contributed by atoms with Crippen molar-refractivity contribution < 1.29 is 5.11 Å². The van der Waals surface area contributed by atoms with Gasteiger partial charge in [0.2, 0.25) is 0 Å². The summed E-state index contributed by atoms with van der Waals surface area (Å²) in [6.45, 7) is 8.98. The van der Waals surface area contributed by atoms with E-state index < -0.39 is 0 Å². The van der Waals surface area contributed by atoms with E-state index >= 15 is 0 Å². The fraction of sp³-hybridized carbons (Fsp3) is 0.579. The molecule has 0 fully saturated rings. The van der Waals surface area contributed by atoms with Crippen molar-refractivity contribution in [1.82, 2.24) is 4.90 Å². The molecule has 0 atom stereocenters. The standard InChI is InChI=1S/C19H29NO/c1-4-5-9-14-20(17(2)3)16-19-13-7-6-11-18(19)12-8-10-15-21/h6-7,11,13,17,21H,4-5,9-10,14-16H2,1-3H3. The molecule has 0 spiro atoms. The smallest absolute Gasteiger partial charge is 0.0540 e. The van der Waals surface area contributed by atoms with Gasteiger partial charge >= 0.3 is 0 Å². The third-order valence-corrected chi connectivity index (χ3v) is 3.63. The molecule has 116 valence electrons. The van der Waals surface area contributed by atoms with E-state index in [0.29, 0.717) is 12.5 Å². The number of unbranched alkanes of at least 4 members (excludes halogenated alkanes) is 2. The highest BCUT2D eigenvalue weighted by molar-refractivity contribution is 5.41. The van der Waals surface area contributed by atoms with E-state index in [1.54, 1.807) is 0 Å². The second kappa shape index (κ2) is 10.4. The van der Waals surface area contributed by atoms with E-state index in [9.17, 15) is 0 Å². The number of rotatable bonds is 8. The number of benzene rings is 1. The minimum absolute atomic E-state index is 0.129. The first-order chi connectivity index (χ1) is 10.2. The summed E-state index contributed by atoms with van der Waals surface area (Å²) in [7, 11) is 0. The van der Waals surface area contributed by atoms with Gasteiger partial charge < -0.3 is 5.11 Å². The molecule has 2 heteroatoms. The summed E-state index contributed by atoms with van der Waals surface area (Å²) in [6, 6.07) is 8.89. The molecule has 2 nitrogen and oxygen atoms in total. The normalized spacial score (nSPS) is 10.8. The summed E-state index contributed by atoms with van der Waals surface area (Å²) in [4.78, 5) is 2.52. The summed E-state index contributed by atoms with van der Waals surface area (Å²) in [6.07, 6.45) is 4.35. The molecule has 1 aromatic rings. The van der Waals surface area contributed by atoms with Crippen LogP contribution in [0.5, 0.6) is 0 Å². The van der Waals surface area contributed by atoms with Crippen molar-refractivity contribution in [1.29, 1.82) is 0 Å². The highest BCUT2D eigenvalue weighted by atomic mass is 16.2. The Morgan fingerprint density at radius 2 is 1.95 bits per heavy atom. The van der Waals surface area contributed by atoms with Gasteiger partial charge in [0.1, 0.15) is 0 Å². The summed E-state index contributed by atoms with van der Waals surface area (Å²) < 4.78 is 0. The van der Waals surface area contributed by atoms with Gasteiger partial charge in [0.05, 0.1) is 6.61 Å². The van der Waals surface area contributed by atoms with E-state index in [4.69, 9.17) is 5.11 Å². The molecule has 0 radical (unpaired) electrons. The second-order valence-electron chi connectivity index (χ2n) is 5.70. The minimum atomic E-state index is 0.129. The monoisotopic (exact) mass is 287 g/mol. The molecule has 0 aliphatic carbocycles. The quantitative estimate of drug-likeness (QED) is 0.580. The zero-order valence-electron chi connectivity index (χ0n) is 13.7. The van der Waals surface area contributed by atoms with Crippen molar-refractivity contribution in [2.75, 3.05) is 13.2 Å². The molecule has 0 aliphatic heterocycles. The van der Waals surface area contributed by atoms with Crippen LogP contribution >= 0.6 is 0 Å². The van der Waals surface area contributed by atoms with E-state index in [0.717, 1.165) is 18.7 Å². The molecular weight excluding hydrogens is 258 g/mol. The van der Waals surface area contributed by atoms with Gasteiger partial charge in [-0.15, -0.1) is 0 Å². The molecule has 0 heterocycles. The Bertz CT molecular complexity index is 456.